The van der Waals surface area contributed by atoms with Crippen molar-refractivity contribution in [1.82, 2.24) is 0 Å². The molecule has 0 aromatic heterocycles. The van der Waals surface area contributed by atoms with E-state index in [0.717, 1.165) is 25.7 Å². The Morgan fingerprint density at radius 1 is 0.842 bits per heavy atom. The third-order valence-corrected chi connectivity index (χ3v) is 2.77. The van der Waals surface area contributed by atoms with Crippen LogP contribution in [0.3, 0.4) is 0 Å². The van der Waals surface area contributed by atoms with Crippen molar-refractivity contribution in [2.45, 2.75) is 66.2 Å². The van der Waals surface area contributed by atoms with Gasteiger partial charge in [-0.1, -0.05) is 40.5 Å². The SMILES string of the molecule is CCCCOC(=O)CC(C)(C)CC(=O)OCCCC. The molecule has 112 valence electrons. The van der Waals surface area contributed by atoms with Crippen LogP contribution in [0.25, 0.3) is 0 Å². The highest BCUT2D eigenvalue weighted by molar-refractivity contribution is 5.74. The highest BCUT2D eigenvalue weighted by atomic mass is 16.5. The van der Waals surface area contributed by atoms with Crippen molar-refractivity contribution in [1.29, 1.82) is 0 Å². The molecule has 0 aromatic rings. The summed E-state index contributed by atoms with van der Waals surface area (Å²) in [7, 11) is 0. The predicted octanol–water partition coefficient (Wildman–Crippen LogP) is 3.48. The molecule has 0 bridgehead atoms. The maximum absolute atomic E-state index is 11.6. The number of carbonyl (C=O) groups is 2. The summed E-state index contributed by atoms with van der Waals surface area (Å²) in [5.41, 5.74) is -0.410. The molecule has 0 atom stereocenters. The van der Waals surface area contributed by atoms with Crippen LogP contribution in [0, 0.1) is 5.41 Å². The van der Waals surface area contributed by atoms with E-state index in [2.05, 4.69) is 0 Å². The quantitative estimate of drug-likeness (QED) is 0.451. The van der Waals surface area contributed by atoms with Crippen molar-refractivity contribution in [2.24, 2.45) is 5.41 Å². The summed E-state index contributed by atoms with van der Waals surface area (Å²) in [5.74, 6) is -0.473. The van der Waals surface area contributed by atoms with Crippen LogP contribution in [-0.4, -0.2) is 25.2 Å². The fourth-order valence-electron chi connectivity index (χ4n) is 1.61. The molecule has 0 heterocycles. The molecule has 0 saturated carbocycles. The van der Waals surface area contributed by atoms with Crippen LogP contribution < -0.4 is 0 Å². The summed E-state index contributed by atoms with van der Waals surface area (Å²) in [4.78, 5) is 23.2. The van der Waals surface area contributed by atoms with E-state index in [4.69, 9.17) is 9.47 Å². The monoisotopic (exact) mass is 272 g/mol. The lowest BCUT2D eigenvalue weighted by Crippen LogP contribution is -2.24. The number of carbonyl (C=O) groups excluding carboxylic acids is 2. The second-order valence-electron chi connectivity index (χ2n) is 5.67. The van der Waals surface area contributed by atoms with Crippen molar-refractivity contribution in [2.75, 3.05) is 13.2 Å². The molecule has 0 aliphatic carbocycles. The van der Waals surface area contributed by atoms with E-state index in [1.165, 1.54) is 0 Å². The molecular formula is C15H28O4. The van der Waals surface area contributed by atoms with E-state index in [1.54, 1.807) is 0 Å². The van der Waals surface area contributed by atoms with Gasteiger partial charge in [-0.25, -0.2) is 0 Å². The first-order chi connectivity index (χ1) is 8.91. The molecule has 0 spiro atoms. The number of unbranched alkanes of at least 4 members (excludes halogenated alkanes) is 2. The summed E-state index contributed by atoms with van der Waals surface area (Å²) in [5, 5.41) is 0. The van der Waals surface area contributed by atoms with Gasteiger partial charge in [-0.3, -0.25) is 9.59 Å². The van der Waals surface area contributed by atoms with Crippen LogP contribution >= 0.6 is 0 Å². The normalized spacial score (nSPS) is 11.2. The van der Waals surface area contributed by atoms with Crippen molar-refractivity contribution in [3.63, 3.8) is 0 Å². The van der Waals surface area contributed by atoms with E-state index < -0.39 is 5.41 Å². The molecule has 0 fully saturated rings. The lowest BCUT2D eigenvalue weighted by atomic mass is 9.86. The molecule has 4 nitrogen and oxygen atoms in total. The lowest BCUT2D eigenvalue weighted by Gasteiger charge is -2.22. The van der Waals surface area contributed by atoms with Gasteiger partial charge in [-0.15, -0.1) is 0 Å². The molecule has 0 unspecified atom stereocenters. The zero-order valence-electron chi connectivity index (χ0n) is 12.8. The zero-order chi connectivity index (χ0) is 14.7. The Morgan fingerprint density at radius 3 is 1.53 bits per heavy atom. The van der Waals surface area contributed by atoms with Crippen molar-refractivity contribution in [3.05, 3.63) is 0 Å². The van der Waals surface area contributed by atoms with Crippen molar-refractivity contribution in [3.8, 4) is 0 Å². The standard InChI is InChI=1S/C15H28O4/c1-5-7-9-18-13(16)11-15(3,4)12-14(17)19-10-8-6-2/h5-12H2,1-4H3. The Balaban J connectivity index is 3.95. The molecule has 0 aliphatic rings. The average molecular weight is 272 g/mol. The van der Waals surface area contributed by atoms with E-state index in [1.807, 2.05) is 27.7 Å². The minimum absolute atomic E-state index is 0.236. The Hall–Kier alpha value is -1.06. The first-order valence-corrected chi connectivity index (χ1v) is 7.22. The molecule has 0 saturated heterocycles. The molecule has 0 rings (SSSR count). The molecule has 0 aromatic carbocycles. The first kappa shape index (κ1) is 17.9. The third-order valence-electron chi connectivity index (χ3n) is 2.77. The minimum atomic E-state index is -0.410. The van der Waals surface area contributed by atoms with Crippen LogP contribution in [0.2, 0.25) is 0 Å². The van der Waals surface area contributed by atoms with Gasteiger partial charge in [-0.05, 0) is 18.3 Å². The van der Waals surface area contributed by atoms with Crippen LogP contribution in [0.15, 0.2) is 0 Å². The maximum atomic E-state index is 11.6. The highest BCUT2D eigenvalue weighted by Gasteiger charge is 2.26. The molecule has 4 heteroatoms. The summed E-state index contributed by atoms with van der Waals surface area (Å²) in [6.07, 6.45) is 4.26. The van der Waals surface area contributed by atoms with Crippen molar-refractivity contribution < 1.29 is 19.1 Å². The molecule has 0 aliphatic heterocycles. The van der Waals surface area contributed by atoms with Crippen LogP contribution in [-0.2, 0) is 19.1 Å². The lowest BCUT2D eigenvalue weighted by molar-refractivity contribution is -0.149. The van der Waals surface area contributed by atoms with Gasteiger partial charge in [0.25, 0.3) is 0 Å². The van der Waals surface area contributed by atoms with Gasteiger partial charge in [0.2, 0.25) is 0 Å². The van der Waals surface area contributed by atoms with E-state index >= 15 is 0 Å². The zero-order valence-corrected chi connectivity index (χ0v) is 12.8. The maximum Gasteiger partial charge on any atom is 0.306 e. The van der Waals surface area contributed by atoms with E-state index in [-0.39, 0.29) is 24.8 Å². The second-order valence-corrected chi connectivity index (χ2v) is 5.67. The van der Waals surface area contributed by atoms with Gasteiger partial charge in [-0.2, -0.15) is 0 Å². The van der Waals surface area contributed by atoms with Gasteiger partial charge in [0.15, 0.2) is 0 Å². The molecule has 0 N–H and O–H groups in total. The van der Waals surface area contributed by atoms with Crippen LogP contribution in [0.5, 0.6) is 0 Å². The highest BCUT2D eigenvalue weighted by Crippen LogP contribution is 2.26. The van der Waals surface area contributed by atoms with E-state index in [9.17, 15) is 9.59 Å². The summed E-state index contributed by atoms with van der Waals surface area (Å²) >= 11 is 0. The third kappa shape index (κ3) is 10.5. The number of hydrogen-bond donors (Lipinski definition) is 0. The van der Waals surface area contributed by atoms with Crippen LogP contribution in [0.4, 0.5) is 0 Å². The number of hydrogen-bond acceptors (Lipinski definition) is 4. The molecular weight excluding hydrogens is 244 g/mol. The van der Waals surface area contributed by atoms with Crippen molar-refractivity contribution >= 4 is 11.9 Å². The Bertz CT molecular complexity index is 245. The van der Waals surface area contributed by atoms with Gasteiger partial charge < -0.3 is 9.47 Å². The summed E-state index contributed by atoms with van der Waals surface area (Å²) < 4.78 is 10.2. The smallest absolute Gasteiger partial charge is 0.306 e. The summed E-state index contributed by atoms with van der Waals surface area (Å²) in [6.45, 7) is 8.79. The molecule has 0 amide bonds. The second kappa shape index (κ2) is 9.82. The fraction of sp³-hybridized carbons (Fsp3) is 0.867. The van der Waals surface area contributed by atoms with Gasteiger partial charge in [0, 0.05) is 0 Å². The molecule has 19 heavy (non-hydrogen) atoms. The average Bonchev–Trinajstić information content (AvgIpc) is 2.28. The Labute approximate surface area is 116 Å². The Morgan fingerprint density at radius 2 is 1.21 bits per heavy atom. The minimum Gasteiger partial charge on any atom is -0.466 e. The summed E-state index contributed by atoms with van der Waals surface area (Å²) in [6, 6.07) is 0. The number of rotatable bonds is 10. The van der Waals surface area contributed by atoms with Gasteiger partial charge in [0.05, 0.1) is 26.1 Å². The van der Waals surface area contributed by atoms with E-state index in [0.29, 0.717) is 13.2 Å². The topological polar surface area (TPSA) is 52.6 Å². The number of ether oxygens (including phenoxy) is 2. The first-order valence-electron chi connectivity index (χ1n) is 7.22. The number of esters is 2. The predicted molar refractivity (Wildman–Crippen MR) is 74.7 cm³/mol. The Kier molecular flexibility index (Phi) is 9.27. The molecule has 0 radical (unpaired) electrons. The van der Waals surface area contributed by atoms with Gasteiger partial charge >= 0.3 is 11.9 Å². The largest absolute Gasteiger partial charge is 0.466 e. The fourth-order valence-corrected chi connectivity index (χ4v) is 1.61. The van der Waals surface area contributed by atoms with Gasteiger partial charge in [0.1, 0.15) is 0 Å². The van der Waals surface area contributed by atoms with Crippen LogP contribution in [0.1, 0.15) is 66.2 Å².